The number of anilines is 1. The van der Waals surface area contributed by atoms with Crippen LogP contribution in [0, 0.1) is 12.7 Å². The van der Waals surface area contributed by atoms with Gasteiger partial charge in [0.1, 0.15) is 5.82 Å². The quantitative estimate of drug-likeness (QED) is 0.283. The van der Waals surface area contributed by atoms with Crippen LogP contribution >= 0.6 is 0 Å². The number of aryl methyl sites for hydroxylation is 1. The lowest BCUT2D eigenvalue weighted by Crippen LogP contribution is -2.42. The number of likely N-dealkylation sites (N-methyl/N-ethyl adjacent to an activating group) is 1. The Morgan fingerprint density at radius 2 is 1.46 bits per heavy atom. The Labute approximate surface area is 233 Å². The number of carbonyl (C=O) groups is 1. The molecule has 1 aromatic heterocycles. The van der Waals surface area contributed by atoms with Gasteiger partial charge in [0.2, 0.25) is 5.91 Å². The highest BCUT2D eigenvalue weighted by molar-refractivity contribution is 6.03. The van der Waals surface area contributed by atoms with Crippen molar-refractivity contribution in [3.05, 3.63) is 88.5 Å². The zero-order valence-electron chi connectivity index (χ0n) is 23.0. The van der Waals surface area contributed by atoms with E-state index in [4.69, 9.17) is 0 Å². The second-order valence-electron chi connectivity index (χ2n) is 10.8. The molecule has 41 heavy (non-hydrogen) atoms. The fourth-order valence-corrected chi connectivity index (χ4v) is 5.07. The number of allylic oxidation sites excluding steroid dienone is 2. The molecule has 1 aliphatic rings. The van der Waals surface area contributed by atoms with Crippen LogP contribution in [0.4, 0.5) is 36.4 Å². The molecule has 0 unspecified atom stereocenters. The molecule has 1 amide bonds. The number of hydrogen-bond acceptors (Lipinski definition) is 2. The summed E-state index contributed by atoms with van der Waals surface area (Å²) in [5, 5.41) is 0. The summed E-state index contributed by atoms with van der Waals surface area (Å²) < 4.78 is 95.2. The Bertz CT molecular complexity index is 1470. The molecule has 218 valence electrons. The number of halogens is 7. The summed E-state index contributed by atoms with van der Waals surface area (Å²) in [6.07, 6.45) is -2.79. The summed E-state index contributed by atoms with van der Waals surface area (Å²) >= 11 is 0. The Kier molecular flexibility index (Phi) is 8.08. The average Bonchev–Trinajstić information content (AvgIpc) is 2.91. The van der Waals surface area contributed by atoms with Crippen molar-refractivity contribution in [1.82, 2.24) is 4.98 Å². The van der Waals surface area contributed by atoms with Gasteiger partial charge in [-0.1, -0.05) is 12.1 Å². The maximum absolute atomic E-state index is 14.0. The third-order valence-corrected chi connectivity index (χ3v) is 7.49. The van der Waals surface area contributed by atoms with E-state index in [0.717, 1.165) is 31.3 Å². The molecule has 2 aromatic carbocycles. The molecule has 0 aliphatic heterocycles. The SMILES string of the molecule is Cc1cc(F)ccc1-c1cc(C2=CCCCC2)ncc1N(C)C(=O)C(C)(C)c1cc(C(F)(F)F)cc(C(F)(F)F)c1. The van der Waals surface area contributed by atoms with E-state index in [-0.39, 0.29) is 11.8 Å². The van der Waals surface area contributed by atoms with Crippen molar-refractivity contribution in [2.24, 2.45) is 0 Å². The largest absolute Gasteiger partial charge is 0.416 e. The third-order valence-electron chi connectivity index (χ3n) is 7.49. The number of nitrogens with zero attached hydrogens (tertiary/aromatic N) is 2. The minimum atomic E-state index is -5.05. The number of aromatic nitrogens is 1. The highest BCUT2D eigenvalue weighted by Gasteiger charge is 2.41. The lowest BCUT2D eigenvalue weighted by molar-refractivity contribution is -0.143. The maximum atomic E-state index is 14.0. The van der Waals surface area contributed by atoms with Gasteiger partial charge in [0.05, 0.1) is 34.1 Å². The number of benzene rings is 2. The Morgan fingerprint density at radius 1 is 0.854 bits per heavy atom. The molecular weight excluding hydrogens is 549 g/mol. The van der Waals surface area contributed by atoms with Gasteiger partial charge in [-0.15, -0.1) is 0 Å². The van der Waals surface area contributed by atoms with Crippen LogP contribution in [0.25, 0.3) is 16.7 Å². The van der Waals surface area contributed by atoms with Crippen LogP contribution in [0.5, 0.6) is 0 Å². The van der Waals surface area contributed by atoms with Gasteiger partial charge >= 0.3 is 12.4 Å². The van der Waals surface area contributed by atoms with Gasteiger partial charge in [-0.2, -0.15) is 26.3 Å². The molecule has 1 aliphatic carbocycles. The topological polar surface area (TPSA) is 33.2 Å². The number of pyridine rings is 1. The smallest absolute Gasteiger partial charge is 0.313 e. The van der Waals surface area contributed by atoms with Crippen molar-refractivity contribution in [1.29, 1.82) is 0 Å². The number of rotatable bonds is 5. The zero-order chi connectivity index (χ0) is 30.3. The maximum Gasteiger partial charge on any atom is 0.416 e. The molecule has 10 heteroatoms. The minimum absolute atomic E-state index is 0.0335. The van der Waals surface area contributed by atoms with Gasteiger partial charge in [0.25, 0.3) is 0 Å². The van der Waals surface area contributed by atoms with E-state index in [1.165, 1.54) is 44.1 Å². The van der Waals surface area contributed by atoms with E-state index in [1.807, 2.05) is 0 Å². The van der Waals surface area contributed by atoms with Crippen molar-refractivity contribution >= 4 is 17.2 Å². The van der Waals surface area contributed by atoms with E-state index in [2.05, 4.69) is 11.1 Å². The van der Waals surface area contributed by atoms with Crippen LogP contribution in [-0.2, 0) is 22.6 Å². The van der Waals surface area contributed by atoms with Crippen molar-refractivity contribution < 1.29 is 35.5 Å². The Balaban J connectivity index is 1.84. The predicted octanol–water partition coefficient (Wildman–Crippen LogP) is 9.13. The van der Waals surface area contributed by atoms with E-state index in [1.54, 1.807) is 19.1 Å². The van der Waals surface area contributed by atoms with Gasteiger partial charge < -0.3 is 4.90 Å². The average molecular weight is 579 g/mol. The molecule has 0 saturated carbocycles. The van der Waals surface area contributed by atoms with Crippen molar-refractivity contribution in [2.45, 2.75) is 64.2 Å². The van der Waals surface area contributed by atoms with Crippen LogP contribution < -0.4 is 4.90 Å². The molecule has 3 aromatic rings. The monoisotopic (exact) mass is 578 g/mol. The summed E-state index contributed by atoms with van der Waals surface area (Å²) in [7, 11) is 1.39. The summed E-state index contributed by atoms with van der Waals surface area (Å²) in [5.74, 6) is -1.20. The fourth-order valence-electron chi connectivity index (χ4n) is 5.07. The van der Waals surface area contributed by atoms with Gasteiger partial charge in [-0.3, -0.25) is 9.78 Å². The highest BCUT2D eigenvalue weighted by Crippen LogP contribution is 2.41. The first-order chi connectivity index (χ1) is 19.0. The van der Waals surface area contributed by atoms with Crippen LogP contribution in [0.15, 0.2) is 54.7 Å². The molecule has 0 saturated heterocycles. The molecule has 0 spiro atoms. The number of alkyl halides is 6. The standard InChI is InChI=1S/C31H29F7N2O/c1-18-12-23(32)10-11-24(18)25-16-26(19-8-6-5-7-9-19)39-17-27(25)40(4)28(41)29(2,3)20-13-21(30(33,34)35)15-22(14-20)31(36,37)38/h8,10-17H,5-7,9H2,1-4H3. The second-order valence-corrected chi connectivity index (χ2v) is 10.8. The summed E-state index contributed by atoms with van der Waals surface area (Å²) in [5.41, 5.74) is -1.52. The van der Waals surface area contributed by atoms with Gasteiger partial charge in [-0.25, -0.2) is 4.39 Å². The van der Waals surface area contributed by atoms with Gasteiger partial charge in [0, 0.05) is 12.6 Å². The number of amides is 1. The van der Waals surface area contributed by atoms with Gasteiger partial charge in [0.15, 0.2) is 0 Å². The highest BCUT2D eigenvalue weighted by atomic mass is 19.4. The molecule has 0 fully saturated rings. The lowest BCUT2D eigenvalue weighted by Gasteiger charge is -2.32. The molecule has 1 heterocycles. The minimum Gasteiger partial charge on any atom is -0.313 e. The van der Waals surface area contributed by atoms with Crippen molar-refractivity contribution in [2.75, 3.05) is 11.9 Å². The molecule has 0 atom stereocenters. The van der Waals surface area contributed by atoms with Crippen LogP contribution in [-0.4, -0.2) is 17.9 Å². The second kappa shape index (κ2) is 10.9. The predicted molar refractivity (Wildman–Crippen MR) is 144 cm³/mol. The number of carbonyl (C=O) groups excluding carboxylic acids is 1. The summed E-state index contributed by atoms with van der Waals surface area (Å²) in [4.78, 5) is 19.6. The Hall–Kier alpha value is -3.69. The lowest BCUT2D eigenvalue weighted by atomic mass is 9.81. The van der Waals surface area contributed by atoms with Crippen LogP contribution in [0.1, 0.15) is 67.5 Å². The van der Waals surface area contributed by atoms with Crippen LogP contribution in [0.2, 0.25) is 0 Å². The Morgan fingerprint density at radius 3 is 2.00 bits per heavy atom. The first-order valence-corrected chi connectivity index (χ1v) is 13.0. The van der Waals surface area contributed by atoms with E-state index < -0.39 is 46.2 Å². The van der Waals surface area contributed by atoms with E-state index in [0.29, 0.717) is 34.5 Å². The summed E-state index contributed by atoms with van der Waals surface area (Å²) in [6, 6.07) is 7.15. The zero-order valence-corrected chi connectivity index (χ0v) is 23.0. The first kappa shape index (κ1) is 30.3. The van der Waals surface area contributed by atoms with Crippen LogP contribution in [0.3, 0.4) is 0 Å². The summed E-state index contributed by atoms with van der Waals surface area (Å²) in [6.45, 7) is 4.26. The molecule has 0 bridgehead atoms. The molecular formula is C31H29F7N2O. The van der Waals surface area contributed by atoms with E-state index >= 15 is 0 Å². The molecule has 0 radical (unpaired) electrons. The van der Waals surface area contributed by atoms with E-state index in [9.17, 15) is 35.5 Å². The third kappa shape index (κ3) is 6.31. The number of hydrogen-bond donors (Lipinski definition) is 0. The molecule has 3 nitrogen and oxygen atoms in total. The fraction of sp³-hybridized carbons (Fsp3) is 0.355. The first-order valence-electron chi connectivity index (χ1n) is 13.0. The molecule has 0 N–H and O–H groups in total. The van der Waals surface area contributed by atoms with Crippen molar-refractivity contribution in [3.8, 4) is 11.1 Å². The molecule has 4 rings (SSSR count). The van der Waals surface area contributed by atoms with Gasteiger partial charge in [-0.05, 0) is 105 Å². The normalized spacial score (nSPS) is 14.6. The van der Waals surface area contributed by atoms with Crippen molar-refractivity contribution in [3.63, 3.8) is 0 Å².